The van der Waals surface area contributed by atoms with Crippen LogP contribution in [0.4, 0.5) is 5.69 Å². The molecule has 2 amide bonds. The first-order chi connectivity index (χ1) is 12.5. The number of hydrogen-bond donors (Lipinski definition) is 2. The van der Waals surface area contributed by atoms with Crippen molar-refractivity contribution in [3.8, 4) is 0 Å². The first-order valence-electron chi connectivity index (χ1n) is 8.33. The molecular formula is C20H23N3O2S. The summed E-state index contributed by atoms with van der Waals surface area (Å²) in [6.45, 7) is 5.17. The largest absolute Gasteiger partial charge is 0.326 e. The molecule has 2 aromatic carbocycles. The molecule has 0 aromatic heterocycles. The molecule has 26 heavy (non-hydrogen) atoms. The van der Waals surface area contributed by atoms with E-state index in [0.717, 1.165) is 17.0 Å². The fourth-order valence-electron chi connectivity index (χ4n) is 2.16. The number of carbonyl (C=O) groups is 2. The molecule has 1 unspecified atom stereocenters. The summed E-state index contributed by atoms with van der Waals surface area (Å²) in [6.07, 6.45) is 0. The minimum atomic E-state index is -0.200. The van der Waals surface area contributed by atoms with Crippen LogP contribution in [0.3, 0.4) is 0 Å². The van der Waals surface area contributed by atoms with Gasteiger partial charge < -0.3 is 5.32 Å². The van der Waals surface area contributed by atoms with E-state index in [2.05, 4.69) is 15.8 Å². The van der Waals surface area contributed by atoms with Gasteiger partial charge in [-0.05, 0) is 37.1 Å². The molecule has 0 aliphatic carbocycles. The molecule has 0 aliphatic heterocycles. The third kappa shape index (κ3) is 6.37. The van der Waals surface area contributed by atoms with Crippen molar-refractivity contribution in [2.75, 3.05) is 5.32 Å². The van der Waals surface area contributed by atoms with Gasteiger partial charge in [0.15, 0.2) is 0 Å². The van der Waals surface area contributed by atoms with Gasteiger partial charge in [-0.1, -0.05) is 42.5 Å². The second-order valence-electron chi connectivity index (χ2n) is 5.87. The Labute approximate surface area is 158 Å². The zero-order chi connectivity index (χ0) is 18.9. The lowest BCUT2D eigenvalue weighted by Gasteiger charge is -2.10. The summed E-state index contributed by atoms with van der Waals surface area (Å²) in [4.78, 5) is 23.2. The molecule has 0 radical (unpaired) electrons. The average molecular weight is 369 g/mol. The number of hydrogen-bond acceptors (Lipinski definition) is 4. The minimum absolute atomic E-state index is 0.114. The number of thioether (sulfide) groups is 1. The first kappa shape index (κ1) is 19.7. The van der Waals surface area contributed by atoms with Gasteiger partial charge in [-0.15, -0.1) is 11.8 Å². The van der Waals surface area contributed by atoms with Crippen molar-refractivity contribution in [2.24, 2.45) is 5.10 Å². The SMILES string of the molecule is CC(=O)Nc1ccc(/C(C)=N/NC(=O)C(C)SCc2ccccc2)cc1. The van der Waals surface area contributed by atoms with Crippen LogP contribution < -0.4 is 10.7 Å². The molecule has 0 spiro atoms. The van der Waals surface area contributed by atoms with E-state index in [1.165, 1.54) is 12.5 Å². The fourth-order valence-corrected chi connectivity index (χ4v) is 3.00. The van der Waals surface area contributed by atoms with E-state index in [0.29, 0.717) is 5.71 Å². The summed E-state index contributed by atoms with van der Waals surface area (Å²) in [5.74, 6) is 0.542. The number of rotatable bonds is 7. The van der Waals surface area contributed by atoms with Gasteiger partial charge in [0.25, 0.3) is 5.91 Å². The lowest BCUT2D eigenvalue weighted by molar-refractivity contribution is -0.120. The van der Waals surface area contributed by atoms with Crippen LogP contribution in [0, 0.1) is 0 Å². The number of nitrogens with one attached hydrogen (secondary N) is 2. The highest BCUT2D eigenvalue weighted by Crippen LogP contribution is 2.17. The third-order valence-electron chi connectivity index (χ3n) is 3.67. The predicted molar refractivity (Wildman–Crippen MR) is 108 cm³/mol. The highest BCUT2D eigenvalue weighted by molar-refractivity contribution is 7.99. The zero-order valence-corrected chi connectivity index (χ0v) is 16.0. The van der Waals surface area contributed by atoms with Crippen molar-refractivity contribution in [2.45, 2.75) is 31.8 Å². The molecule has 6 heteroatoms. The Morgan fingerprint density at radius 1 is 1.04 bits per heavy atom. The summed E-state index contributed by atoms with van der Waals surface area (Å²) < 4.78 is 0. The number of benzene rings is 2. The van der Waals surface area contributed by atoms with Crippen molar-refractivity contribution >= 4 is 35.0 Å². The molecule has 5 nitrogen and oxygen atoms in total. The molecule has 0 bridgehead atoms. The van der Waals surface area contributed by atoms with Crippen LogP contribution in [-0.2, 0) is 15.3 Å². The van der Waals surface area contributed by atoms with Crippen molar-refractivity contribution < 1.29 is 9.59 Å². The monoisotopic (exact) mass is 369 g/mol. The molecular weight excluding hydrogens is 346 g/mol. The highest BCUT2D eigenvalue weighted by Gasteiger charge is 2.13. The molecule has 2 N–H and O–H groups in total. The second-order valence-corrected chi connectivity index (χ2v) is 7.20. The van der Waals surface area contributed by atoms with Crippen LogP contribution in [0.1, 0.15) is 31.9 Å². The van der Waals surface area contributed by atoms with Crippen molar-refractivity contribution in [3.05, 3.63) is 65.7 Å². The van der Waals surface area contributed by atoms with Crippen LogP contribution in [-0.4, -0.2) is 22.8 Å². The first-order valence-corrected chi connectivity index (χ1v) is 9.38. The third-order valence-corrected chi connectivity index (χ3v) is 4.88. The van der Waals surface area contributed by atoms with E-state index in [1.54, 1.807) is 23.9 Å². The van der Waals surface area contributed by atoms with Gasteiger partial charge in [0.1, 0.15) is 0 Å². The molecule has 2 rings (SSSR count). The van der Waals surface area contributed by atoms with Gasteiger partial charge in [-0.2, -0.15) is 5.10 Å². The summed E-state index contributed by atoms with van der Waals surface area (Å²) in [5.41, 5.74) is 6.12. The molecule has 0 fully saturated rings. The summed E-state index contributed by atoms with van der Waals surface area (Å²) in [6, 6.07) is 17.4. The molecule has 1 atom stereocenters. The number of amides is 2. The number of carbonyl (C=O) groups excluding carboxylic acids is 2. The second kappa shape index (κ2) is 9.77. The van der Waals surface area contributed by atoms with Gasteiger partial charge in [0.2, 0.25) is 5.91 Å². The Bertz CT molecular complexity index is 773. The normalized spacial score (nSPS) is 12.3. The topological polar surface area (TPSA) is 70.6 Å². The summed E-state index contributed by atoms with van der Waals surface area (Å²) >= 11 is 1.57. The maximum atomic E-state index is 12.2. The van der Waals surface area contributed by atoms with E-state index >= 15 is 0 Å². The highest BCUT2D eigenvalue weighted by atomic mass is 32.2. The lowest BCUT2D eigenvalue weighted by Crippen LogP contribution is -2.27. The molecule has 0 saturated heterocycles. The van der Waals surface area contributed by atoms with Gasteiger partial charge in [-0.3, -0.25) is 9.59 Å². The maximum absolute atomic E-state index is 12.2. The van der Waals surface area contributed by atoms with E-state index in [4.69, 9.17) is 0 Å². The molecule has 0 aliphatic rings. The Hall–Kier alpha value is -2.60. The standard InChI is InChI=1S/C20H23N3O2S/c1-14(18-9-11-19(12-10-18)21-16(3)24)22-23-20(25)15(2)26-13-17-7-5-4-6-8-17/h4-12,15H,13H2,1-3H3,(H,21,24)(H,23,25)/b22-14+. The van der Waals surface area contributed by atoms with Crippen molar-refractivity contribution in [1.29, 1.82) is 0 Å². The van der Waals surface area contributed by atoms with E-state index in [-0.39, 0.29) is 17.1 Å². The van der Waals surface area contributed by atoms with Crippen LogP contribution >= 0.6 is 11.8 Å². The Morgan fingerprint density at radius 2 is 1.69 bits per heavy atom. The average Bonchev–Trinajstić information content (AvgIpc) is 2.64. The van der Waals surface area contributed by atoms with Crippen LogP contribution in [0.5, 0.6) is 0 Å². The zero-order valence-electron chi connectivity index (χ0n) is 15.2. The predicted octanol–water partition coefficient (Wildman–Crippen LogP) is 3.81. The van der Waals surface area contributed by atoms with E-state index in [1.807, 2.05) is 56.3 Å². The van der Waals surface area contributed by atoms with Crippen LogP contribution in [0.25, 0.3) is 0 Å². The molecule has 0 heterocycles. The van der Waals surface area contributed by atoms with Gasteiger partial charge in [-0.25, -0.2) is 5.43 Å². The van der Waals surface area contributed by atoms with E-state index < -0.39 is 0 Å². The molecule has 136 valence electrons. The number of anilines is 1. The van der Waals surface area contributed by atoms with Crippen LogP contribution in [0.15, 0.2) is 59.7 Å². The van der Waals surface area contributed by atoms with Crippen molar-refractivity contribution in [1.82, 2.24) is 5.43 Å². The number of hydrazone groups is 1. The smallest absolute Gasteiger partial charge is 0.252 e. The molecule has 0 saturated carbocycles. The fraction of sp³-hybridized carbons (Fsp3) is 0.250. The van der Waals surface area contributed by atoms with Gasteiger partial charge >= 0.3 is 0 Å². The van der Waals surface area contributed by atoms with Crippen LogP contribution in [0.2, 0.25) is 0 Å². The number of nitrogens with zero attached hydrogens (tertiary/aromatic N) is 1. The Kier molecular flexibility index (Phi) is 7.41. The Balaban J connectivity index is 1.86. The Morgan fingerprint density at radius 3 is 2.31 bits per heavy atom. The lowest BCUT2D eigenvalue weighted by atomic mass is 10.1. The van der Waals surface area contributed by atoms with Crippen molar-refractivity contribution in [3.63, 3.8) is 0 Å². The van der Waals surface area contributed by atoms with Gasteiger partial charge in [0.05, 0.1) is 11.0 Å². The maximum Gasteiger partial charge on any atom is 0.252 e. The molecule has 2 aromatic rings. The quantitative estimate of drug-likeness (QED) is 0.576. The minimum Gasteiger partial charge on any atom is -0.326 e. The summed E-state index contributed by atoms with van der Waals surface area (Å²) in [5, 5.41) is 6.69. The van der Waals surface area contributed by atoms with Gasteiger partial charge in [0, 0.05) is 18.4 Å². The summed E-state index contributed by atoms with van der Waals surface area (Å²) in [7, 11) is 0. The van der Waals surface area contributed by atoms with E-state index in [9.17, 15) is 9.59 Å².